The molecule has 1 rings (SSSR count). The van der Waals surface area contributed by atoms with E-state index >= 15 is 0 Å². The summed E-state index contributed by atoms with van der Waals surface area (Å²) in [5, 5.41) is 6.69. The van der Waals surface area contributed by atoms with Gasteiger partial charge in [-0.1, -0.05) is 18.2 Å². The summed E-state index contributed by atoms with van der Waals surface area (Å²) < 4.78 is 11.1. The number of rotatable bonds is 10. The molecule has 5 heteroatoms. The Morgan fingerprint density at radius 2 is 1.84 bits per heavy atom. The summed E-state index contributed by atoms with van der Waals surface area (Å²) in [5.74, 6) is 1.74. The van der Waals surface area contributed by atoms with Crippen LogP contribution in [0.25, 0.3) is 0 Å². The van der Waals surface area contributed by atoms with Crippen LogP contribution in [0.1, 0.15) is 52.5 Å². The van der Waals surface area contributed by atoms with Gasteiger partial charge < -0.3 is 20.1 Å². The van der Waals surface area contributed by atoms with Gasteiger partial charge in [0.05, 0.1) is 6.54 Å². The lowest BCUT2D eigenvalue weighted by Crippen LogP contribution is -2.37. The van der Waals surface area contributed by atoms with E-state index in [-0.39, 0.29) is 5.60 Å². The van der Waals surface area contributed by atoms with Gasteiger partial charge in [-0.3, -0.25) is 0 Å². The van der Waals surface area contributed by atoms with Crippen molar-refractivity contribution < 1.29 is 9.47 Å². The van der Waals surface area contributed by atoms with Crippen molar-refractivity contribution in [3.8, 4) is 5.75 Å². The lowest BCUT2D eigenvalue weighted by molar-refractivity contribution is 0.129. The summed E-state index contributed by atoms with van der Waals surface area (Å²) in [5.41, 5.74) is 0.875. The fourth-order valence-electron chi connectivity index (χ4n) is 2.32. The highest BCUT2D eigenvalue weighted by atomic mass is 16.5. The van der Waals surface area contributed by atoms with Gasteiger partial charge in [0, 0.05) is 32.4 Å². The molecular weight excluding hydrogens is 314 g/mol. The number of methoxy groups -OCH3 is 1. The number of ether oxygens (including phenoxy) is 2. The second kappa shape index (κ2) is 11.7. The third-order valence-corrected chi connectivity index (χ3v) is 3.46. The van der Waals surface area contributed by atoms with Gasteiger partial charge >= 0.3 is 0 Å². The molecule has 5 nitrogen and oxygen atoms in total. The molecule has 142 valence electrons. The van der Waals surface area contributed by atoms with Crippen molar-refractivity contribution in [3.63, 3.8) is 0 Å². The zero-order valence-corrected chi connectivity index (χ0v) is 16.5. The Labute approximate surface area is 153 Å². The molecule has 0 spiro atoms. The highest BCUT2D eigenvalue weighted by Crippen LogP contribution is 2.23. The van der Waals surface area contributed by atoms with Crippen molar-refractivity contribution in [3.05, 3.63) is 29.8 Å². The van der Waals surface area contributed by atoms with Crippen molar-refractivity contribution in [2.45, 2.75) is 59.1 Å². The maximum absolute atomic E-state index is 6.04. The zero-order valence-electron chi connectivity index (χ0n) is 16.5. The van der Waals surface area contributed by atoms with Crippen LogP contribution in [-0.2, 0) is 11.3 Å². The van der Waals surface area contributed by atoms with Gasteiger partial charge in [0.1, 0.15) is 11.4 Å². The minimum Gasteiger partial charge on any atom is -0.488 e. The number of benzene rings is 1. The topological polar surface area (TPSA) is 54.9 Å². The molecular formula is C20H35N3O2. The van der Waals surface area contributed by atoms with Crippen LogP contribution in [0, 0.1) is 0 Å². The van der Waals surface area contributed by atoms with E-state index in [2.05, 4.69) is 44.4 Å². The molecule has 0 radical (unpaired) electrons. The van der Waals surface area contributed by atoms with Crippen LogP contribution in [0.3, 0.4) is 0 Å². The van der Waals surface area contributed by atoms with Crippen molar-refractivity contribution in [2.24, 2.45) is 4.99 Å². The van der Waals surface area contributed by atoms with Crippen LogP contribution in [0.2, 0.25) is 0 Å². The summed E-state index contributed by atoms with van der Waals surface area (Å²) in [6, 6.07) is 8.10. The Kier molecular flexibility index (Phi) is 10.0. The first-order chi connectivity index (χ1) is 12.0. The minimum absolute atomic E-state index is 0.217. The van der Waals surface area contributed by atoms with Crippen LogP contribution >= 0.6 is 0 Å². The van der Waals surface area contributed by atoms with Crippen LogP contribution in [0.4, 0.5) is 0 Å². The van der Waals surface area contributed by atoms with Crippen molar-refractivity contribution >= 4 is 5.96 Å². The molecule has 0 unspecified atom stereocenters. The predicted molar refractivity (Wildman–Crippen MR) is 105 cm³/mol. The number of nitrogens with zero attached hydrogens (tertiary/aromatic N) is 1. The van der Waals surface area contributed by atoms with E-state index in [1.54, 1.807) is 7.11 Å². The number of hydrogen-bond donors (Lipinski definition) is 2. The summed E-state index contributed by atoms with van der Waals surface area (Å²) in [7, 11) is 1.75. The molecule has 0 aromatic heterocycles. The lowest BCUT2D eigenvalue weighted by Gasteiger charge is -2.23. The van der Waals surface area contributed by atoms with Crippen LogP contribution in [-0.4, -0.2) is 38.4 Å². The monoisotopic (exact) mass is 349 g/mol. The predicted octanol–water partition coefficient (Wildman–Crippen LogP) is 3.74. The number of hydrogen-bond acceptors (Lipinski definition) is 3. The van der Waals surface area contributed by atoms with Gasteiger partial charge in [0.15, 0.2) is 5.96 Å². The number of para-hydroxylation sites is 1. The highest BCUT2D eigenvalue weighted by Gasteiger charge is 2.14. The van der Waals surface area contributed by atoms with E-state index in [0.717, 1.165) is 56.2 Å². The lowest BCUT2D eigenvalue weighted by atomic mass is 10.1. The van der Waals surface area contributed by atoms with Gasteiger partial charge in [-0.05, 0) is 53.0 Å². The fraction of sp³-hybridized carbons (Fsp3) is 0.650. The third-order valence-electron chi connectivity index (χ3n) is 3.46. The number of unbranched alkanes of at least 4 members (excludes halogenated alkanes) is 2. The molecule has 25 heavy (non-hydrogen) atoms. The molecule has 0 atom stereocenters. The van der Waals surface area contributed by atoms with E-state index in [1.807, 2.05) is 18.2 Å². The SMILES string of the molecule is CCNC(=NCc1ccccc1OC(C)(C)C)NCCCCCOC. The first kappa shape index (κ1) is 21.3. The summed E-state index contributed by atoms with van der Waals surface area (Å²) in [6.07, 6.45) is 3.36. The Morgan fingerprint density at radius 3 is 2.52 bits per heavy atom. The van der Waals surface area contributed by atoms with E-state index in [0.29, 0.717) is 6.54 Å². The number of nitrogens with one attached hydrogen (secondary N) is 2. The minimum atomic E-state index is -0.217. The highest BCUT2D eigenvalue weighted by molar-refractivity contribution is 5.79. The Morgan fingerprint density at radius 1 is 1.08 bits per heavy atom. The maximum atomic E-state index is 6.04. The molecule has 0 aliphatic rings. The van der Waals surface area contributed by atoms with Crippen LogP contribution < -0.4 is 15.4 Å². The van der Waals surface area contributed by atoms with Gasteiger partial charge in [-0.2, -0.15) is 0 Å². The van der Waals surface area contributed by atoms with Gasteiger partial charge in [0.2, 0.25) is 0 Å². The standard InChI is InChI=1S/C20H35N3O2/c1-6-21-19(22-14-10-7-11-15-24-5)23-16-17-12-8-9-13-18(17)25-20(2,3)4/h8-9,12-13H,6-7,10-11,14-16H2,1-5H3,(H2,21,22,23). The molecule has 1 aromatic rings. The zero-order chi connectivity index (χ0) is 18.5. The Balaban J connectivity index is 2.59. The van der Waals surface area contributed by atoms with Gasteiger partial charge in [-0.25, -0.2) is 4.99 Å². The molecule has 1 aromatic carbocycles. The molecule has 0 bridgehead atoms. The average molecular weight is 350 g/mol. The second-order valence-electron chi connectivity index (χ2n) is 7.00. The summed E-state index contributed by atoms with van der Waals surface area (Å²) >= 11 is 0. The average Bonchev–Trinajstić information content (AvgIpc) is 2.55. The van der Waals surface area contributed by atoms with Gasteiger partial charge in [-0.15, -0.1) is 0 Å². The molecule has 0 aliphatic heterocycles. The van der Waals surface area contributed by atoms with Crippen LogP contribution in [0.5, 0.6) is 5.75 Å². The first-order valence-electron chi connectivity index (χ1n) is 9.24. The maximum Gasteiger partial charge on any atom is 0.191 e. The molecule has 0 aliphatic carbocycles. The van der Waals surface area contributed by atoms with E-state index < -0.39 is 0 Å². The normalized spacial score (nSPS) is 12.1. The summed E-state index contributed by atoms with van der Waals surface area (Å²) in [6.45, 7) is 11.4. The van der Waals surface area contributed by atoms with E-state index in [1.165, 1.54) is 0 Å². The molecule has 2 N–H and O–H groups in total. The Hall–Kier alpha value is -1.75. The largest absolute Gasteiger partial charge is 0.488 e. The summed E-state index contributed by atoms with van der Waals surface area (Å²) in [4.78, 5) is 4.70. The first-order valence-corrected chi connectivity index (χ1v) is 9.24. The van der Waals surface area contributed by atoms with Crippen molar-refractivity contribution in [1.29, 1.82) is 0 Å². The molecule has 0 saturated heterocycles. The van der Waals surface area contributed by atoms with Crippen molar-refractivity contribution in [1.82, 2.24) is 10.6 Å². The number of guanidine groups is 1. The smallest absolute Gasteiger partial charge is 0.191 e. The molecule has 0 saturated carbocycles. The van der Waals surface area contributed by atoms with Gasteiger partial charge in [0.25, 0.3) is 0 Å². The van der Waals surface area contributed by atoms with Crippen LogP contribution in [0.15, 0.2) is 29.3 Å². The molecule has 0 fully saturated rings. The fourth-order valence-corrected chi connectivity index (χ4v) is 2.32. The Bertz CT molecular complexity index is 510. The second-order valence-corrected chi connectivity index (χ2v) is 7.00. The molecule has 0 heterocycles. The molecule has 0 amide bonds. The van der Waals surface area contributed by atoms with E-state index in [4.69, 9.17) is 14.5 Å². The third kappa shape index (κ3) is 9.97. The number of aliphatic imine (C=N–C) groups is 1. The van der Waals surface area contributed by atoms with Crippen molar-refractivity contribution in [2.75, 3.05) is 26.8 Å². The quantitative estimate of drug-likeness (QED) is 0.384. The van der Waals surface area contributed by atoms with E-state index in [9.17, 15) is 0 Å².